The van der Waals surface area contributed by atoms with Crippen molar-refractivity contribution in [2.75, 3.05) is 26.3 Å². The zero-order chi connectivity index (χ0) is 37.5. The number of aromatic amines is 2. The Hall–Kier alpha value is -4.56. The van der Waals surface area contributed by atoms with Gasteiger partial charge >= 0.3 is 35.5 Å². The molecule has 4 bridgehead atoms. The summed E-state index contributed by atoms with van der Waals surface area (Å²) in [6.45, 7) is -0.361. The van der Waals surface area contributed by atoms with Crippen LogP contribution in [0.2, 0.25) is 0 Å². The van der Waals surface area contributed by atoms with Crippen molar-refractivity contribution in [3.63, 3.8) is 0 Å². The van der Waals surface area contributed by atoms with Crippen LogP contribution < -0.4 is 22.5 Å². The Morgan fingerprint density at radius 2 is 0.982 bits per heavy atom. The first-order chi connectivity index (χ1) is 23.0. The van der Waals surface area contributed by atoms with Crippen LogP contribution in [-0.2, 0) is 19.1 Å². The summed E-state index contributed by atoms with van der Waals surface area (Å²) in [6.07, 6.45) is -14.6. The number of nitrogens with zero attached hydrogens (tertiary/aromatic N) is 4. The zero-order valence-corrected chi connectivity index (χ0v) is 28.1. The molecule has 29 heteroatoms. The molecule has 4 aliphatic heterocycles. The van der Waals surface area contributed by atoms with E-state index in [-0.39, 0.29) is 38.5 Å². The number of fused-ring (bicyclic) bond motifs is 4. The SMILES string of the molecule is Cc1cn([C@@H]2O[C@]3(CO)CN(C(=O)C(F)(F)F)[C@H]2[C@H]3O)c(=O)[nH]c1=O.Cc1cn([C@@H]2O[C@]3(CO)CN(C(=O)C(F)(F)F)[C@H]2[C@H]3O)c(=O)[nH]c1=O.O.O.O.O.O. The number of ether oxygens (including phenoxy) is 2. The largest absolute Gasteiger partial charge is 0.471 e. The first-order valence-electron chi connectivity index (χ1n) is 14.4. The summed E-state index contributed by atoms with van der Waals surface area (Å²) in [7, 11) is 0. The number of morpholine rings is 2. The van der Waals surface area contributed by atoms with Crippen molar-refractivity contribution in [3.05, 3.63) is 65.2 Å². The van der Waals surface area contributed by atoms with Crippen LogP contribution in [0, 0.1) is 13.8 Å². The summed E-state index contributed by atoms with van der Waals surface area (Å²) < 4.78 is 89.4. The number of carbonyl (C=O) groups is 2. The van der Waals surface area contributed by atoms with Gasteiger partial charge in [0.05, 0.1) is 26.3 Å². The normalized spacial score (nSPS) is 28.7. The molecule has 4 saturated heterocycles. The fourth-order valence-corrected chi connectivity index (χ4v) is 6.49. The minimum Gasteiger partial charge on any atom is -0.412 e. The summed E-state index contributed by atoms with van der Waals surface area (Å²) in [5, 5.41) is 39.6. The Bertz CT molecular complexity index is 1810. The number of aromatic nitrogens is 4. The molecule has 0 unspecified atom stereocenters. The highest BCUT2D eigenvalue weighted by molar-refractivity contribution is 5.83. The van der Waals surface area contributed by atoms with Crippen LogP contribution in [0.25, 0.3) is 0 Å². The molecule has 8 atom stereocenters. The maximum atomic E-state index is 12.8. The van der Waals surface area contributed by atoms with Gasteiger partial charge in [-0.15, -0.1) is 0 Å². The molecule has 0 radical (unpaired) electrons. The Balaban J connectivity index is 0.000000972. The molecule has 0 spiro atoms. The minimum absolute atomic E-state index is 0. The number of aliphatic hydroxyl groups excluding tert-OH is 4. The van der Waals surface area contributed by atoms with E-state index in [1.54, 1.807) is 0 Å². The predicted octanol–water partition coefficient (Wildman–Crippen LogP) is -7.65. The van der Waals surface area contributed by atoms with Crippen molar-refractivity contribution in [1.29, 1.82) is 0 Å². The van der Waals surface area contributed by atoms with Crippen LogP contribution in [0.4, 0.5) is 26.3 Å². The summed E-state index contributed by atoms with van der Waals surface area (Å²) in [5.74, 6) is -4.43. The molecule has 16 N–H and O–H groups in total. The second-order valence-electron chi connectivity index (χ2n) is 12.2. The lowest BCUT2D eigenvalue weighted by molar-refractivity contribution is -0.202. The van der Waals surface area contributed by atoms with Gasteiger partial charge in [-0.25, -0.2) is 9.59 Å². The Kier molecular flexibility index (Phi) is 15.3. The average molecular weight is 821 g/mol. The number of alkyl halides is 6. The molecule has 6 heterocycles. The Labute approximate surface area is 300 Å². The summed E-state index contributed by atoms with van der Waals surface area (Å²) in [6, 6.07) is -3.10. The zero-order valence-electron chi connectivity index (χ0n) is 28.1. The van der Waals surface area contributed by atoms with Crippen LogP contribution >= 0.6 is 0 Å². The van der Waals surface area contributed by atoms with Gasteiger partial charge in [0.15, 0.2) is 12.5 Å². The van der Waals surface area contributed by atoms with Gasteiger partial charge in [0.25, 0.3) is 11.1 Å². The summed E-state index contributed by atoms with van der Waals surface area (Å²) in [4.78, 5) is 74.8. The van der Waals surface area contributed by atoms with Crippen molar-refractivity contribution in [1.82, 2.24) is 28.9 Å². The average Bonchev–Trinajstić information content (AvgIpc) is 3.69. The lowest BCUT2D eigenvalue weighted by Crippen LogP contribution is -2.54. The van der Waals surface area contributed by atoms with Crippen molar-refractivity contribution in [3.8, 4) is 0 Å². The smallest absolute Gasteiger partial charge is 0.412 e. The number of carbonyl (C=O) groups excluding carboxylic acids is 2. The second-order valence-corrected chi connectivity index (χ2v) is 12.2. The van der Waals surface area contributed by atoms with Crippen LogP contribution in [0.15, 0.2) is 31.6 Å². The van der Waals surface area contributed by atoms with Crippen molar-refractivity contribution < 1.29 is 93.2 Å². The van der Waals surface area contributed by atoms with E-state index in [1.807, 2.05) is 9.97 Å². The third kappa shape index (κ3) is 8.07. The third-order valence-corrected chi connectivity index (χ3v) is 9.00. The molecule has 0 saturated carbocycles. The lowest BCUT2D eigenvalue weighted by Gasteiger charge is -2.36. The topological polar surface area (TPSA) is 407 Å². The molecule has 316 valence electrons. The number of likely N-dealkylation sites (tertiary alicyclic amines) is 2. The van der Waals surface area contributed by atoms with Crippen molar-refractivity contribution in [2.45, 2.75) is 74.1 Å². The van der Waals surface area contributed by atoms with E-state index < -0.39 is 121 Å². The number of rotatable bonds is 4. The van der Waals surface area contributed by atoms with Crippen LogP contribution in [0.1, 0.15) is 23.6 Å². The van der Waals surface area contributed by atoms with E-state index in [2.05, 4.69) is 0 Å². The molecule has 23 nitrogen and oxygen atoms in total. The molecular formula is C26H38F6N6O17. The highest BCUT2D eigenvalue weighted by atomic mass is 19.4. The molecule has 4 aliphatic rings. The Morgan fingerprint density at radius 3 is 1.22 bits per heavy atom. The maximum Gasteiger partial charge on any atom is 0.471 e. The first-order valence-corrected chi connectivity index (χ1v) is 14.4. The highest BCUT2D eigenvalue weighted by Gasteiger charge is 2.68. The quantitative estimate of drug-likeness (QED) is 0.157. The van der Waals surface area contributed by atoms with Gasteiger partial charge in [0.2, 0.25) is 0 Å². The van der Waals surface area contributed by atoms with Gasteiger partial charge in [-0.05, 0) is 13.8 Å². The van der Waals surface area contributed by atoms with Crippen LogP contribution in [0.5, 0.6) is 0 Å². The molecular weight excluding hydrogens is 782 g/mol. The minimum atomic E-state index is -5.20. The lowest BCUT2D eigenvalue weighted by atomic mass is 10.0. The molecule has 6 rings (SSSR count). The van der Waals surface area contributed by atoms with Gasteiger partial charge in [-0.1, -0.05) is 0 Å². The van der Waals surface area contributed by atoms with E-state index in [0.29, 0.717) is 9.80 Å². The number of hydrogen-bond acceptors (Lipinski definition) is 12. The van der Waals surface area contributed by atoms with Crippen molar-refractivity contribution in [2.24, 2.45) is 0 Å². The van der Waals surface area contributed by atoms with Gasteiger partial charge in [-0.3, -0.25) is 38.3 Å². The standard InChI is InChI=1S/2C13H14F3N3O6.5H2O/c2*1-5-2-18(11(24)17-8(5)22)9-6-7(21)12(4-20,25-9)3-19(6)10(23)13(14,15)16;;;;;/h2*2,6-7,9,20-21H,3-4H2,1H3,(H,17,22,24);5*1H2/t2*6-,7+,9+,12-;;;;;/m00...../s1. The third-order valence-electron chi connectivity index (χ3n) is 9.00. The number of aliphatic hydroxyl groups is 4. The fraction of sp³-hybridized carbons (Fsp3) is 0.615. The molecule has 55 heavy (non-hydrogen) atoms. The molecule has 0 aliphatic carbocycles. The molecule has 2 amide bonds. The van der Waals surface area contributed by atoms with Gasteiger partial charge in [0, 0.05) is 23.5 Å². The van der Waals surface area contributed by atoms with Crippen LogP contribution in [-0.4, -0.2) is 163 Å². The predicted molar refractivity (Wildman–Crippen MR) is 165 cm³/mol. The monoisotopic (exact) mass is 820 g/mol. The first kappa shape index (κ1) is 50.4. The molecule has 2 aromatic heterocycles. The van der Waals surface area contributed by atoms with E-state index >= 15 is 0 Å². The van der Waals surface area contributed by atoms with E-state index in [4.69, 9.17) is 9.47 Å². The molecule has 0 aromatic carbocycles. The number of aryl methyl sites for hydroxylation is 2. The van der Waals surface area contributed by atoms with E-state index in [0.717, 1.165) is 21.5 Å². The number of nitrogens with one attached hydrogen (secondary N) is 2. The fourth-order valence-electron chi connectivity index (χ4n) is 6.49. The number of amides is 2. The van der Waals surface area contributed by atoms with Gasteiger partial charge in [0.1, 0.15) is 35.5 Å². The molecule has 2 aromatic rings. The summed E-state index contributed by atoms with van der Waals surface area (Å²) in [5.41, 5.74) is -6.88. The van der Waals surface area contributed by atoms with Gasteiger partial charge in [-0.2, -0.15) is 26.3 Å². The number of halogens is 6. The van der Waals surface area contributed by atoms with E-state index in [1.165, 1.54) is 13.8 Å². The highest BCUT2D eigenvalue weighted by Crippen LogP contribution is 2.48. The number of hydrogen-bond donors (Lipinski definition) is 6. The summed E-state index contributed by atoms with van der Waals surface area (Å²) >= 11 is 0. The Morgan fingerprint density at radius 1 is 0.691 bits per heavy atom. The molecule has 4 fully saturated rings. The number of H-pyrrole nitrogens is 2. The van der Waals surface area contributed by atoms with Crippen LogP contribution in [0.3, 0.4) is 0 Å². The maximum absolute atomic E-state index is 12.8. The van der Waals surface area contributed by atoms with E-state index in [9.17, 15) is 75.5 Å². The second kappa shape index (κ2) is 16.7. The van der Waals surface area contributed by atoms with Gasteiger partial charge < -0.3 is 67.1 Å². The van der Waals surface area contributed by atoms with Crippen molar-refractivity contribution >= 4 is 11.8 Å².